The average Bonchev–Trinajstić information content (AvgIpc) is 1.43. The smallest absolute Gasteiger partial charge is 0.212 e. The van der Waals surface area contributed by atoms with E-state index in [-0.39, 0.29) is 0 Å². The van der Waals surface area contributed by atoms with Crippen molar-refractivity contribution >= 4 is 20.0 Å². The van der Waals surface area contributed by atoms with Crippen molar-refractivity contribution < 1.29 is 30.0 Å². The monoisotopic (exact) mass is 241 g/mol. The Kier molecular flexibility index (Phi) is 3.33. The third kappa shape index (κ3) is 7.99. The summed E-state index contributed by atoms with van der Waals surface area (Å²) >= 11 is 0. The van der Waals surface area contributed by atoms with Crippen LogP contribution in [0.5, 0.6) is 0 Å². The van der Waals surface area contributed by atoms with Crippen LogP contribution in [0.3, 0.4) is 0 Å². The van der Waals surface area contributed by atoms with Crippen LogP contribution in [-0.4, -0.2) is 35.0 Å². The molecule has 10 heteroatoms. The van der Waals surface area contributed by atoms with Crippen LogP contribution in [0, 0.1) is 0 Å². The van der Waals surface area contributed by atoms with Crippen LogP contribution in [-0.2, 0) is 20.0 Å². The highest BCUT2D eigenvalue weighted by Crippen LogP contribution is 2.16. The predicted octanol–water partition coefficient (Wildman–Crippen LogP) is -0.572. The fourth-order valence-corrected chi connectivity index (χ4v) is 2.99. The van der Waals surface area contributed by atoms with Gasteiger partial charge in [-0.3, -0.25) is 0 Å². The molecule has 0 aliphatic heterocycles. The maximum Gasteiger partial charge on any atom is 0.404 e. The average molecular weight is 241 g/mol. The highest BCUT2D eigenvalue weighted by Gasteiger charge is 2.36. The van der Waals surface area contributed by atoms with E-state index in [2.05, 4.69) is 0 Å². The number of hydrogen-bond donors (Lipinski definition) is 1. The first-order valence-electron chi connectivity index (χ1n) is 2.69. The molecule has 1 N–H and O–H groups in total. The Morgan fingerprint density at radius 2 is 1.54 bits per heavy atom. The maximum atomic E-state index is 11.5. The number of halogens is 3. The molecule has 0 aromatic carbocycles. The lowest BCUT2D eigenvalue weighted by molar-refractivity contribution is -0.106. The first-order valence-corrected chi connectivity index (χ1v) is 6.24. The molecule has 0 radical (unpaired) electrons. The summed E-state index contributed by atoms with van der Waals surface area (Å²) in [6, 6.07) is 0. The van der Waals surface area contributed by atoms with E-state index in [1.54, 1.807) is 0 Å². The minimum atomic E-state index is -4.96. The first-order chi connectivity index (χ1) is 5.41. The van der Waals surface area contributed by atoms with Gasteiger partial charge < -0.3 is 0 Å². The van der Waals surface area contributed by atoms with Gasteiger partial charge in [0.15, 0.2) is 5.75 Å². The van der Waals surface area contributed by atoms with E-state index >= 15 is 0 Å². The third-order valence-electron chi connectivity index (χ3n) is 0.632. The Bertz CT molecular complexity index is 366. The minimum absolute atomic E-state index is 0.445. The molecule has 13 heavy (non-hydrogen) atoms. The second-order valence-corrected chi connectivity index (χ2v) is 5.96. The molecule has 0 aromatic heterocycles. The molecular formula is C3H6F3NO4S2. The van der Waals surface area contributed by atoms with Crippen LogP contribution >= 0.6 is 0 Å². The fourth-order valence-electron chi connectivity index (χ4n) is 0.476. The van der Waals surface area contributed by atoms with Crippen molar-refractivity contribution in [3.05, 3.63) is 0 Å². The summed E-state index contributed by atoms with van der Waals surface area (Å²) in [6.07, 6.45) is -4.52. The van der Waals surface area contributed by atoms with Crippen molar-refractivity contribution in [2.24, 2.45) is 0 Å². The normalized spacial score (nSPS) is 14.5. The van der Waals surface area contributed by atoms with Crippen LogP contribution in [0.15, 0.2) is 0 Å². The maximum absolute atomic E-state index is 11.5. The number of rotatable bonds is 3. The van der Waals surface area contributed by atoms with E-state index in [4.69, 9.17) is 0 Å². The second-order valence-electron chi connectivity index (χ2n) is 2.23. The van der Waals surface area contributed by atoms with Gasteiger partial charge in [0.25, 0.3) is 0 Å². The zero-order valence-corrected chi connectivity index (χ0v) is 7.92. The molecule has 0 aliphatic carbocycles. The van der Waals surface area contributed by atoms with Gasteiger partial charge in [-0.1, -0.05) is 0 Å². The van der Waals surface area contributed by atoms with Gasteiger partial charge in [-0.15, -0.1) is 4.13 Å². The van der Waals surface area contributed by atoms with Crippen molar-refractivity contribution in [2.75, 3.05) is 12.0 Å². The number of alkyl halides is 3. The second kappa shape index (κ2) is 3.42. The minimum Gasteiger partial charge on any atom is -0.212 e. The van der Waals surface area contributed by atoms with Gasteiger partial charge in [-0.2, -0.15) is 13.2 Å². The van der Waals surface area contributed by atoms with Gasteiger partial charge in [0, 0.05) is 0 Å². The molecule has 0 heterocycles. The standard InChI is InChI=1S/C3H6F3NO4S2/c1-12(8,9)7-13(10,11)2-3(4,5)6/h7H,2H2,1H3. The largest absolute Gasteiger partial charge is 0.404 e. The molecule has 0 aromatic rings. The molecule has 0 spiro atoms. The lowest BCUT2D eigenvalue weighted by Crippen LogP contribution is -2.36. The lowest BCUT2D eigenvalue weighted by atomic mass is 10.8. The van der Waals surface area contributed by atoms with Gasteiger partial charge in [0.2, 0.25) is 20.0 Å². The molecule has 80 valence electrons. The van der Waals surface area contributed by atoms with E-state index in [0.717, 1.165) is 4.13 Å². The molecule has 0 amide bonds. The summed E-state index contributed by atoms with van der Waals surface area (Å²) in [5.41, 5.74) is 0. The molecule has 0 atom stereocenters. The molecule has 0 rings (SSSR count). The van der Waals surface area contributed by atoms with Crippen molar-refractivity contribution in [1.29, 1.82) is 0 Å². The molecule has 0 bridgehead atoms. The van der Waals surface area contributed by atoms with Gasteiger partial charge in [-0.25, -0.2) is 16.8 Å². The van der Waals surface area contributed by atoms with Gasteiger partial charge in [0.05, 0.1) is 6.26 Å². The van der Waals surface area contributed by atoms with E-state index < -0.39 is 32.0 Å². The van der Waals surface area contributed by atoms with E-state index in [1.807, 2.05) is 0 Å². The van der Waals surface area contributed by atoms with Gasteiger partial charge in [0.1, 0.15) is 0 Å². The Morgan fingerprint density at radius 1 is 1.15 bits per heavy atom. The van der Waals surface area contributed by atoms with E-state index in [0.29, 0.717) is 6.26 Å². The lowest BCUT2D eigenvalue weighted by Gasteiger charge is -2.06. The Morgan fingerprint density at radius 3 is 1.77 bits per heavy atom. The Balaban J connectivity index is 4.65. The molecule has 0 fully saturated rings. The molecule has 5 nitrogen and oxygen atoms in total. The zero-order chi connectivity index (χ0) is 10.9. The number of hydrogen-bond acceptors (Lipinski definition) is 4. The Hall–Kier alpha value is -0.350. The fraction of sp³-hybridized carbons (Fsp3) is 1.00. The summed E-state index contributed by atoms with van der Waals surface area (Å²) in [6.45, 7) is 0. The zero-order valence-electron chi connectivity index (χ0n) is 6.29. The van der Waals surface area contributed by atoms with Crippen molar-refractivity contribution in [1.82, 2.24) is 4.13 Å². The summed E-state index contributed by atoms with van der Waals surface area (Å²) < 4.78 is 76.9. The van der Waals surface area contributed by atoms with E-state index in [1.165, 1.54) is 0 Å². The van der Waals surface area contributed by atoms with Crippen molar-refractivity contribution in [3.8, 4) is 0 Å². The highest BCUT2D eigenvalue weighted by molar-refractivity contribution is 8.04. The number of nitrogens with one attached hydrogen (secondary N) is 1. The van der Waals surface area contributed by atoms with Crippen molar-refractivity contribution in [3.63, 3.8) is 0 Å². The van der Waals surface area contributed by atoms with Crippen LogP contribution in [0.1, 0.15) is 0 Å². The predicted molar refractivity (Wildman–Crippen MR) is 37.8 cm³/mol. The van der Waals surface area contributed by atoms with E-state index in [9.17, 15) is 30.0 Å². The van der Waals surface area contributed by atoms with Crippen molar-refractivity contribution in [2.45, 2.75) is 6.18 Å². The van der Waals surface area contributed by atoms with Crippen LogP contribution < -0.4 is 4.13 Å². The topological polar surface area (TPSA) is 80.3 Å². The van der Waals surface area contributed by atoms with Gasteiger partial charge >= 0.3 is 6.18 Å². The summed E-state index contributed by atoms with van der Waals surface area (Å²) in [5, 5.41) is 0. The molecule has 0 saturated heterocycles. The molecule has 0 unspecified atom stereocenters. The number of sulfonamides is 2. The van der Waals surface area contributed by atoms with Crippen LogP contribution in [0.4, 0.5) is 13.2 Å². The highest BCUT2D eigenvalue weighted by atomic mass is 32.3. The summed E-state index contributed by atoms with van der Waals surface area (Å²) in [4.78, 5) is 0. The van der Waals surface area contributed by atoms with Crippen LogP contribution in [0.25, 0.3) is 0 Å². The third-order valence-corrected chi connectivity index (χ3v) is 3.57. The molecule has 0 aliphatic rings. The Labute approximate surface area is 73.0 Å². The SMILES string of the molecule is CS(=O)(=O)NS(=O)(=O)CC(F)(F)F. The molecular weight excluding hydrogens is 235 g/mol. The van der Waals surface area contributed by atoms with Crippen LogP contribution in [0.2, 0.25) is 0 Å². The summed E-state index contributed by atoms with van der Waals surface area (Å²) in [7, 11) is -9.05. The first kappa shape index (κ1) is 12.7. The van der Waals surface area contributed by atoms with Gasteiger partial charge in [-0.05, 0) is 0 Å². The summed E-state index contributed by atoms with van der Waals surface area (Å²) in [5.74, 6) is -2.22. The quantitative estimate of drug-likeness (QED) is 0.717. The molecule has 0 saturated carbocycles.